The molecule has 3 rings (SSSR count). The zero-order chi connectivity index (χ0) is 26.3. The van der Waals surface area contributed by atoms with E-state index < -0.39 is 11.6 Å². The van der Waals surface area contributed by atoms with Gasteiger partial charge < -0.3 is 19.1 Å². The average molecular weight is 492 g/mol. The second-order valence-electron chi connectivity index (χ2n) is 9.95. The van der Waals surface area contributed by atoms with Crippen LogP contribution in [-0.2, 0) is 22.5 Å². The number of nitrogens with zero attached hydrogens (tertiary/aromatic N) is 1. The van der Waals surface area contributed by atoms with Crippen LogP contribution in [0.3, 0.4) is 0 Å². The highest BCUT2D eigenvalue weighted by atomic mass is 16.5. The average Bonchev–Trinajstić information content (AvgIpc) is 3.25. The molecule has 1 unspecified atom stereocenters. The van der Waals surface area contributed by atoms with Gasteiger partial charge in [-0.05, 0) is 54.5 Å². The van der Waals surface area contributed by atoms with Crippen molar-refractivity contribution < 1.29 is 19.4 Å². The molecule has 0 saturated carbocycles. The lowest BCUT2D eigenvalue weighted by Gasteiger charge is -2.28. The predicted octanol–water partition coefficient (Wildman–Crippen LogP) is 7.29. The summed E-state index contributed by atoms with van der Waals surface area (Å²) in [5.41, 5.74) is 4.92. The number of carboxylic acids is 1. The molecule has 0 aliphatic rings. The van der Waals surface area contributed by atoms with Gasteiger partial charge in [0.05, 0.1) is 6.54 Å². The van der Waals surface area contributed by atoms with E-state index in [2.05, 4.69) is 68.7 Å². The number of benzene rings is 2. The predicted molar refractivity (Wildman–Crippen MR) is 146 cm³/mol. The highest BCUT2D eigenvalue weighted by molar-refractivity contribution is 5.78. The van der Waals surface area contributed by atoms with Crippen LogP contribution in [0, 0.1) is 0 Å². The molecule has 3 aromatic rings. The van der Waals surface area contributed by atoms with Gasteiger partial charge in [0, 0.05) is 30.0 Å². The molecule has 1 aromatic heterocycles. The Morgan fingerprint density at radius 1 is 0.972 bits per heavy atom. The summed E-state index contributed by atoms with van der Waals surface area (Å²) >= 11 is 0. The molecule has 1 N–H and O–H groups in total. The fourth-order valence-electron chi connectivity index (χ4n) is 4.91. The first-order valence-corrected chi connectivity index (χ1v) is 13.1. The normalized spacial score (nSPS) is 13.2. The number of aromatic nitrogens is 1. The fraction of sp³-hybridized carbons (Fsp3) is 0.452. The molecule has 0 radical (unpaired) electrons. The SMILES string of the molecule is CCOC(CC)(Cc1ccc(OCCn2c(C(C)C)cc(-c3ccccc3)c2C(C)C)cc1)C(=O)O. The van der Waals surface area contributed by atoms with Gasteiger partial charge in [-0.25, -0.2) is 4.79 Å². The van der Waals surface area contributed by atoms with Crippen LogP contribution >= 0.6 is 0 Å². The molecule has 0 fully saturated rings. The third kappa shape index (κ3) is 6.19. The smallest absolute Gasteiger partial charge is 0.336 e. The highest BCUT2D eigenvalue weighted by Gasteiger charge is 2.37. The summed E-state index contributed by atoms with van der Waals surface area (Å²) in [7, 11) is 0. The summed E-state index contributed by atoms with van der Waals surface area (Å²) in [4.78, 5) is 11.9. The van der Waals surface area contributed by atoms with E-state index >= 15 is 0 Å². The molecule has 5 nitrogen and oxygen atoms in total. The Morgan fingerprint density at radius 2 is 1.64 bits per heavy atom. The Bertz CT molecular complexity index is 1120. The molecule has 0 aliphatic carbocycles. The van der Waals surface area contributed by atoms with Crippen molar-refractivity contribution in [1.29, 1.82) is 0 Å². The van der Waals surface area contributed by atoms with Crippen LogP contribution in [0.5, 0.6) is 5.75 Å². The molecule has 0 spiro atoms. The van der Waals surface area contributed by atoms with Gasteiger partial charge in [-0.3, -0.25) is 0 Å². The lowest BCUT2D eigenvalue weighted by Crippen LogP contribution is -2.43. The van der Waals surface area contributed by atoms with Crippen LogP contribution in [0.4, 0.5) is 0 Å². The van der Waals surface area contributed by atoms with Crippen molar-refractivity contribution in [3.8, 4) is 16.9 Å². The first-order chi connectivity index (χ1) is 17.2. The van der Waals surface area contributed by atoms with E-state index in [9.17, 15) is 9.90 Å². The Kier molecular flexibility index (Phi) is 9.38. The maximum atomic E-state index is 11.9. The van der Waals surface area contributed by atoms with Gasteiger partial charge in [-0.1, -0.05) is 77.1 Å². The van der Waals surface area contributed by atoms with Crippen molar-refractivity contribution >= 4 is 5.97 Å². The van der Waals surface area contributed by atoms with Crippen molar-refractivity contribution in [3.63, 3.8) is 0 Å². The van der Waals surface area contributed by atoms with E-state index in [4.69, 9.17) is 9.47 Å². The van der Waals surface area contributed by atoms with Crippen LogP contribution in [0.1, 0.15) is 76.8 Å². The maximum Gasteiger partial charge on any atom is 0.336 e. The van der Waals surface area contributed by atoms with Crippen LogP contribution in [0.25, 0.3) is 11.1 Å². The molecule has 5 heteroatoms. The molecular formula is C31H41NO4. The summed E-state index contributed by atoms with van der Waals surface area (Å²) in [6, 6.07) is 20.6. The second kappa shape index (κ2) is 12.3. The quantitative estimate of drug-likeness (QED) is 0.273. The van der Waals surface area contributed by atoms with Crippen molar-refractivity contribution in [2.45, 2.75) is 78.4 Å². The molecule has 0 bridgehead atoms. The van der Waals surface area contributed by atoms with Crippen LogP contribution in [0.2, 0.25) is 0 Å². The summed E-state index contributed by atoms with van der Waals surface area (Å²) in [5, 5.41) is 9.74. The first kappa shape index (κ1) is 27.5. The number of hydrogen-bond donors (Lipinski definition) is 1. The zero-order valence-electron chi connectivity index (χ0n) is 22.6. The van der Waals surface area contributed by atoms with Gasteiger partial charge in [-0.2, -0.15) is 0 Å². The minimum absolute atomic E-state index is 0.327. The highest BCUT2D eigenvalue weighted by Crippen LogP contribution is 2.35. The first-order valence-electron chi connectivity index (χ1n) is 13.1. The zero-order valence-corrected chi connectivity index (χ0v) is 22.6. The van der Waals surface area contributed by atoms with Gasteiger partial charge >= 0.3 is 5.97 Å². The standard InChI is InChI=1S/C31H41NO4/c1-7-31(30(33)34,36-8-2)21-24-14-16-26(17-15-24)35-19-18-32-28(22(3)4)20-27(29(32)23(5)6)25-12-10-9-11-13-25/h9-17,20,22-23H,7-8,18-19,21H2,1-6H3,(H,33,34). The van der Waals surface area contributed by atoms with Crippen molar-refractivity contribution in [2.75, 3.05) is 13.2 Å². The molecule has 1 heterocycles. The number of carbonyl (C=O) groups is 1. The number of carboxylic acid groups (broad SMARTS) is 1. The van der Waals surface area contributed by atoms with E-state index in [1.165, 1.54) is 22.5 Å². The maximum absolute atomic E-state index is 11.9. The Labute approximate surface area is 216 Å². The summed E-state index contributed by atoms with van der Waals surface area (Å²) in [5.74, 6) is 0.638. The number of aliphatic carboxylic acids is 1. The molecule has 36 heavy (non-hydrogen) atoms. The lowest BCUT2D eigenvalue weighted by molar-refractivity contribution is -0.166. The van der Waals surface area contributed by atoms with Gasteiger partial charge in [0.15, 0.2) is 5.60 Å². The summed E-state index contributed by atoms with van der Waals surface area (Å²) in [6.45, 7) is 14.3. The van der Waals surface area contributed by atoms with Crippen molar-refractivity contribution in [2.24, 2.45) is 0 Å². The fourth-order valence-corrected chi connectivity index (χ4v) is 4.91. The Balaban J connectivity index is 1.75. The van der Waals surface area contributed by atoms with E-state index in [1.807, 2.05) is 38.1 Å². The van der Waals surface area contributed by atoms with E-state index in [0.29, 0.717) is 37.9 Å². The van der Waals surface area contributed by atoms with Crippen LogP contribution < -0.4 is 4.74 Å². The molecule has 0 amide bonds. The largest absolute Gasteiger partial charge is 0.492 e. The summed E-state index contributed by atoms with van der Waals surface area (Å²) in [6.07, 6.45) is 0.737. The monoisotopic (exact) mass is 491 g/mol. The summed E-state index contributed by atoms with van der Waals surface area (Å²) < 4.78 is 14.2. The van der Waals surface area contributed by atoms with Gasteiger partial charge in [0.1, 0.15) is 12.4 Å². The number of rotatable bonds is 13. The third-order valence-corrected chi connectivity index (χ3v) is 6.77. The third-order valence-electron chi connectivity index (χ3n) is 6.77. The topological polar surface area (TPSA) is 60.7 Å². The Hall–Kier alpha value is -3.05. The number of hydrogen-bond acceptors (Lipinski definition) is 3. The van der Waals surface area contributed by atoms with Crippen LogP contribution in [0.15, 0.2) is 60.7 Å². The second-order valence-corrected chi connectivity index (χ2v) is 9.95. The molecule has 0 saturated heterocycles. The van der Waals surface area contributed by atoms with Crippen molar-refractivity contribution in [3.05, 3.63) is 77.6 Å². The van der Waals surface area contributed by atoms with Gasteiger partial charge in [0.2, 0.25) is 0 Å². The van der Waals surface area contributed by atoms with E-state index in [1.54, 1.807) is 0 Å². The minimum Gasteiger partial charge on any atom is -0.492 e. The lowest BCUT2D eigenvalue weighted by atomic mass is 9.91. The minimum atomic E-state index is -1.19. The Morgan fingerprint density at radius 3 is 2.17 bits per heavy atom. The van der Waals surface area contributed by atoms with E-state index in [-0.39, 0.29) is 0 Å². The van der Waals surface area contributed by atoms with Gasteiger partial charge in [0.25, 0.3) is 0 Å². The molecule has 2 aromatic carbocycles. The van der Waals surface area contributed by atoms with Crippen LogP contribution in [-0.4, -0.2) is 34.5 Å². The number of ether oxygens (including phenoxy) is 2. The molecule has 1 atom stereocenters. The molecular weight excluding hydrogens is 450 g/mol. The van der Waals surface area contributed by atoms with E-state index in [0.717, 1.165) is 17.9 Å². The van der Waals surface area contributed by atoms with Crippen molar-refractivity contribution in [1.82, 2.24) is 4.57 Å². The molecule has 0 aliphatic heterocycles. The molecule has 194 valence electrons. The van der Waals surface area contributed by atoms with Gasteiger partial charge in [-0.15, -0.1) is 0 Å².